The van der Waals surface area contributed by atoms with Gasteiger partial charge in [0.05, 0.1) is 0 Å². The summed E-state index contributed by atoms with van der Waals surface area (Å²) >= 11 is 0. The fourth-order valence-corrected chi connectivity index (χ4v) is 1.44. The van der Waals surface area contributed by atoms with Gasteiger partial charge < -0.3 is 16.2 Å². The number of hydrogen-bond donors (Lipinski definition) is 2. The van der Waals surface area contributed by atoms with Crippen LogP contribution in [0.4, 0.5) is 5.69 Å². The zero-order valence-corrected chi connectivity index (χ0v) is 6.79. The summed E-state index contributed by atoms with van der Waals surface area (Å²) < 4.78 is 5.41. The second-order valence-corrected chi connectivity index (χ2v) is 3.14. The fourth-order valence-electron chi connectivity index (χ4n) is 1.44. The molecule has 0 aliphatic carbocycles. The number of ether oxygens (including phenoxy) is 1. The largest absolute Gasteiger partial charge is 0.492 e. The first-order valence-corrected chi connectivity index (χ1v) is 4.02. The van der Waals surface area contributed by atoms with E-state index in [0.717, 1.165) is 23.4 Å². The summed E-state index contributed by atoms with van der Waals surface area (Å²) in [5, 5.41) is 0. The topological polar surface area (TPSA) is 61.3 Å². The highest BCUT2D eigenvalue weighted by Crippen LogP contribution is 2.25. The summed E-state index contributed by atoms with van der Waals surface area (Å²) in [7, 11) is 0. The minimum absolute atomic E-state index is 0.110. The van der Waals surface area contributed by atoms with E-state index in [1.165, 1.54) is 0 Å². The van der Waals surface area contributed by atoms with Crippen LogP contribution in [0.2, 0.25) is 0 Å². The molecule has 1 atom stereocenters. The van der Waals surface area contributed by atoms with E-state index in [1.54, 1.807) is 0 Å². The average molecular weight is 164 g/mol. The normalized spacial score (nSPS) is 21.2. The molecule has 64 valence electrons. The van der Waals surface area contributed by atoms with Crippen LogP contribution in [0.15, 0.2) is 18.2 Å². The van der Waals surface area contributed by atoms with Crippen molar-refractivity contribution in [2.24, 2.45) is 5.73 Å². The van der Waals surface area contributed by atoms with Gasteiger partial charge >= 0.3 is 0 Å². The Morgan fingerprint density at radius 2 is 2.25 bits per heavy atom. The summed E-state index contributed by atoms with van der Waals surface area (Å²) in [6.07, 6.45) is 0.861. The Labute approximate surface area is 71.3 Å². The van der Waals surface area contributed by atoms with Gasteiger partial charge in [0.15, 0.2) is 0 Å². The van der Waals surface area contributed by atoms with Crippen LogP contribution in [0.1, 0.15) is 5.56 Å². The van der Waals surface area contributed by atoms with Crippen LogP contribution in [0.5, 0.6) is 5.75 Å². The Bertz CT molecular complexity index is 299. The third kappa shape index (κ3) is 1.23. The van der Waals surface area contributed by atoms with Gasteiger partial charge in [-0.05, 0) is 30.2 Å². The highest BCUT2D eigenvalue weighted by Gasteiger charge is 2.15. The molecule has 0 spiro atoms. The summed E-state index contributed by atoms with van der Waals surface area (Å²) in [6.45, 7) is 0.608. The molecule has 4 N–H and O–H groups in total. The molecule has 1 unspecified atom stereocenters. The smallest absolute Gasteiger partial charge is 0.122 e. The molecule has 0 amide bonds. The number of nitrogen functional groups attached to an aromatic ring is 1. The predicted molar refractivity (Wildman–Crippen MR) is 48.0 cm³/mol. The van der Waals surface area contributed by atoms with Crippen molar-refractivity contribution in [3.8, 4) is 5.75 Å². The number of anilines is 1. The van der Waals surface area contributed by atoms with Crippen molar-refractivity contribution < 1.29 is 4.74 Å². The molecule has 0 bridgehead atoms. The molecule has 0 radical (unpaired) electrons. The van der Waals surface area contributed by atoms with Gasteiger partial charge in [0, 0.05) is 11.7 Å². The SMILES string of the molecule is Nc1ccc2c(c1)CC(N)CO2. The maximum absolute atomic E-state index is 5.73. The van der Waals surface area contributed by atoms with E-state index in [-0.39, 0.29) is 6.04 Å². The van der Waals surface area contributed by atoms with Crippen LogP contribution < -0.4 is 16.2 Å². The van der Waals surface area contributed by atoms with Gasteiger partial charge in [0.2, 0.25) is 0 Å². The number of rotatable bonds is 0. The first-order valence-electron chi connectivity index (χ1n) is 4.02. The third-order valence-corrected chi connectivity index (χ3v) is 2.02. The minimum Gasteiger partial charge on any atom is -0.492 e. The van der Waals surface area contributed by atoms with Gasteiger partial charge in [0.1, 0.15) is 12.4 Å². The fraction of sp³-hybridized carbons (Fsp3) is 0.333. The lowest BCUT2D eigenvalue weighted by Gasteiger charge is -2.22. The molecule has 1 aromatic carbocycles. The van der Waals surface area contributed by atoms with E-state index >= 15 is 0 Å². The highest BCUT2D eigenvalue weighted by molar-refractivity contribution is 5.48. The quantitative estimate of drug-likeness (QED) is 0.550. The molecule has 0 aromatic heterocycles. The number of fused-ring (bicyclic) bond motifs is 1. The van der Waals surface area contributed by atoms with E-state index in [1.807, 2.05) is 18.2 Å². The lowest BCUT2D eigenvalue weighted by molar-refractivity contribution is 0.263. The first-order chi connectivity index (χ1) is 5.75. The van der Waals surface area contributed by atoms with Crippen molar-refractivity contribution in [1.82, 2.24) is 0 Å². The van der Waals surface area contributed by atoms with E-state index in [4.69, 9.17) is 16.2 Å². The Balaban J connectivity index is 2.37. The molecule has 1 heterocycles. The van der Waals surface area contributed by atoms with Crippen molar-refractivity contribution in [2.45, 2.75) is 12.5 Å². The van der Waals surface area contributed by atoms with E-state index in [2.05, 4.69) is 0 Å². The first kappa shape index (κ1) is 7.43. The van der Waals surface area contributed by atoms with Crippen molar-refractivity contribution in [3.63, 3.8) is 0 Å². The predicted octanol–water partition coefficient (Wildman–Crippen LogP) is 0.531. The lowest BCUT2D eigenvalue weighted by Crippen LogP contribution is -2.33. The third-order valence-electron chi connectivity index (χ3n) is 2.02. The molecular weight excluding hydrogens is 152 g/mol. The van der Waals surface area contributed by atoms with Crippen molar-refractivity contribution in [1.29, 1.82) is 0 Å². The molecule has 1 aromatic rings. The molecule has 0 saturated carbocycles. The van der Waals surface area contributed by atoms with Crippen LogP contribution in [0.25, 0.3) is 0 Å². The zero-order chi connectivity index (χ0) is 8.55. The van der Waals surface area contributed by atoms with E-state index in [9.17, 15) is 0 Å². The Morgan fingerprint density at radius 3 is 3.08 bits per heavy atom. The van der Waals surface area contributed by atoms with Crippen LogP contribution in [0, 0.1) is 0 Å². The molecule has 0 fully saturated rings. The molecule has 12 heavy (non-hydrogen) atoms. The Kier molecular flexibility index (Phi) is 1.66. The van der Waals surface area contributed by atoms with E-state index < -0.39 is 0 Å². The maximum atomic E-state index is 5.73. The van der Waals surface area contributed by atoms with Gasteiger partial charge in [-0.3, -0.25) is 0 Å². The Morgan fingerprint density at radius 1 is 1.42 bits per heavy atom. The molecule has 1 aliphatic rings. The number of benzene rings is 1. The summed E-state index contributed by atoms with van der Waals surface area (Å²) in [4.78, 5) is 0. The molecule has 2 rings (SSSR count). The van der Waals surface area contributed by atoms with Crippen LogP contribution in [-0.4, -0.2) is 12.6 Å². The number of nitrogens with two attached hydrogens (primary N) is 2. The lowest BCUT2D eigenvalue weighted by atomic mass is 10.0. The highest BCUT2D eigenvalue weighted by atomic mass is 16.5. The van der Waals surface area contributed by atoms with Crippen molar-refractivity contribution in [3.05, 3.63) is 23.8 Å². The Hall–Kier alpha value is -1.22. The maximum Gasteiger partial charge on any atom is 0.122 e. The molecule has 1 aliphatic heterocycles. The van der Waals surface area contributed by atoms with Gasteiger partial charge in [-0.1, -0.05) is 0 Å². The van der Waals surface area contributed by atoms with Crippen molar-refractivity contribution in [2.75, 3.05) is 12.3 Å². The van der Waals surface area contributed by atoms with E-state index in [0.29, 0.717) is 6.61 Å². The summed E-state index contributed by atoms with van der Waals surface area (Å²) in [6, 6.07) is 5.78. The molecule has 0 saturated heterocycles. The van der Waals surface area contributed by atoms with Crippen LogP contribution in [-0.2, 0) is 6.42 Å². The minimum atomic E-state index is 0.110. The molecular formula is C9H12N2O. The summed E-state index contributed by atoms with van der Waals surface area (Å²) in [5.41, 5.74) is 13.3. The zero-order valence-electron chi connectivity index (χ0n) is 6.79. The molecule has 3 heteroatoms. The van der Waals surface area contributed by atoms with Gasteiger partial charge in [-0.15, -0.1) is 0 Å². The standard InChI is InChI=1S/C9H12N2O/c10-7-1-2-9-6(3-7)4-8(11)5-12-9/h1-3,8H,4-5,10-11H2. The van der Waals surface area contributed by atoms with Crippen LogP contribution >= 0.6 is 0 Å². The van der Waals surface area contributed by atoms with Gasteiger partial charge in [-0.2, -0.15) is 0 Å². The monoisotopic (exact) mass is 164 g/mol. The number of hydrogen-bond acceptors (Lipinski definition) is 3. The van der Waals surface area contributed by atoms with Crippen LogP contribution in [0.3, 0.4) is 0 Å². The summed E-state index contributed by atoms with van der Waals surface area (Å²) in [5.74, 6) is 0.922. The second-order valence-electron chi connectivity index (χ2n) is 3.14. The van der Waals surface area contributed by atoms with Crippen molar-refractivity contribution >= 4 is 5.69 Å². The van der Waals surface area contributed by atoms with Gasteiger partial charge in [-0.25, -0.2) is 0 Å². The van der Waals surface area contributed by atoms with Gasteiger partial charge in [0.25, 0.3) is 0 Å². The molecule has 3 nitrogen and oxygen atoms in total. The average Bonchev–Trinajstić information content (AvgIpc) is 2.03. The second kappa shape index (κ2) is 2.68.